The summed E-state index contributed by atoms with van der Waals surface area (Å²) in [5.74, 6) is 0. The Morgan fingerprint density at radius 1 is 0.829 bits per heavy atom. The molecule has 0 aliphatic rings. The SMILES string of the molecule is NS(=O)(=O)c1ccccc1.O=S(=O)(Nn1nc(C(F)F)cc1-c1ccc(Cl)cc1)c1ccccc1. The van der Waals surface area contributed by atoms with Crippen molar-refractivity contribution >= 4 is 31.6 Å². The van der Waals surface area contributed by atoms with Crippen LogP contribution in [0.3, 0.4) is 0 Å². The number of halogens is 3. The van der Waals surface area contributed by atoms with Gasteiger partial charge in [-0.1, -0.05) is 60.1 Å². The van der Waals surface area contributed by atoms with E-state index in [2.05, 4.69) is 9.93 Å². The topological polar surface area (TPSA) is 124 Å². The molecule has 0 atom stereocenters. The zero-order valence-corrected chi connectivity index (χ0v) is 20.2. The van der Waals surface area contributed by atoms with Crippen molar-refractivity contribution in [2.24, 2.45) is 5.14 Å². The van der Waals surface area contributed by atoms with E-state index in [4.69, 9.17) is 16.7 Å². The van der Waals surface area contributed by atoms with Crippen molar-refractivity contribution < 1.29 is 25.6 Å². The molecule has 35 heavy (non-hydrogen) atoms. The van der Waals surface area contributed by atoms with Gasteiger partial charge in [-0.25, -0.2) is 22.3 Å². The van der Waals surface area contributed by atoms with Gasteiger partial charge in [0.05, 0.1) is 15.5 Å². The lowest BCUT2D eigenvalue weighted by Crippen LogP contribution is -2.25. The molecule has 0 amide bonds. The molecule has 8 nitrogen and oxygen atoms in total. The Hall–Kier alpha value is -3.32. The Kier molecular flexibility index (Phi) is 8.22. The molecule has 0 bridgehead atoms. The Bertz CT molecular complexity index is 1480. The van der Waals surface area contributed by atoms with Crippen molar-refractivity contribution in [3.8, 4) is 11.3 Å². The minimum Gasteiger partial charge on any atom is -0.225 e. The van der Waals surface area contributed by atoms with E-state index in [1.165, 1.54) is 24.3 Å². The summed E-state index contributed by atoms with van der Waals surface area (Å²) in [5, 5.41) is 8.96. The Balaban J connectivity index is 0.000000287. The number of hydrogen-bond donors (Lipinski definition) is 2. The number of nitrogens with one attached hydrogen (secondary N) is 1. The van der Waals surface area contributed by atoms with Gasteiger partial charge in [0.25, 0.3) is 16.4 Å². The third-order valence-electron chi connectivity index (χ3n) is 4.42. The minimum atomic E-state index is -3.98. The van der Waals surface area contributed by atoms with E-state index < -0.39 is 32.2 Å². The third-order valence-corrected chi connectivity index (χ3v) is 6.91. The largest absolute Gasteiger partial charge is 0.282 e. The molecule has 3 aromatic carbocycles. The number of primary sulfonamides is 1. The van der Waals surface area contributed by atoms with E-state index in [0.717, 1.165) is 10.9 Å². The lowest BCUT2D eigenvalue weighted by Gasteiger charge is -2.11. The van der Waals surface area contributed by atoms with Gasteiger partial charge in [-0.15, -0.1) is 0 Å². The van der Waals surface area contributed by atoms with Gasteiger partial charge >= 0.3 is 0 Å². The molecule has 0 fully saturated rings. The molecular weight excluding hydrogens is 522 g/mol. The normalized spacial score (nSPS) is 11.6. The maximum absolute atomic E-state index is 13.0. The van der Waals surface area contributed by atoms with Crippen molar-refractivity contribution in [1.82, 2.24) is 9.89 Å². The molecule has 0 saturated heterocycles. The highest BCUT2D eigenvalue weighted by Gasteiger charge is 2.21. The van der Waals surface area contributed by atoms with Crippen LogP contribution >= 0.6 is 11.6 Å². The second kappa shape index (κ2) is 11.0. The van der Waals surface area contributed by atoms with E-state index in [9.17, 15) is 25.6 Å². The van der Waals surface area contributed by atoms with Crippen LogP contribution in [0.25, 0.3) is 11.3 Å². The number of aromatic nitrogens is 2. The molecule has 0 aliphatic carbocycles. The second-order valence-electron chi connectivity index (χ2n) is 6.94. The van der Waals surface area contributed by atoms with E-state index >= 15 is 0 Å². The maximum atomic E-state index is 13.0. The van der Waals surface area contributed by atoms with Crippen molar-refractivity contribution in [2.45, 2.75) is 16.2 Å². The van der Waals surface area contributed by atoms with Crippen LogP contribution in [-0.2, 0) is 20.0 Å². The van der Waals surface area contributed by atoms with Crippen LogP contribution in [0.4, 0.5) is 8.78 Å². The summed E-state index contributed by atoms with van der Waals surface area (Å²) < 4.78 is 72.1. The highest BCUT2D eigenvalue weighted by Crippen LogP contribution is 2.26. The highest BCUT2D eigenvalue weighted by molar-refractivity contribution is 7.92. The van der Waals surface area contributed by atoms with Crippen molar-refractivity contribution in [2.75, 3.05) is 4.83 Å². The predicted octanol–water partition coefficient (Wildman–Crippen LogP) is 4.41. The first-order valence-electron chi connectivity index (χ1n) is 9.77. The zero-order valence-electron chi connectivity index (χ0n) is 17.8. The van der Waals surface area contributed by atoms with Gasteiger partial charge in [0.1, 0.15) is 5.69 Å². The monoisotopic (exact) mass is 540 g/mol. The molecule has 0 radical (unpaired) electrons. The number of hydrogen-bond acceptors (Lipinski definition) is 5. The third kappa shape index (κ3) is 7.09. The van der Waals surface area contributed by atoms with Crippen LogP contribution in [-0.4, -0.2) is 26.7 Å². The number of nitrogens with zero attached hydrogens (tertiary/aromatic N) is 2. The summed E-state index contributed by atoms with van der Waals surface area (Å²) in [5.41, 5.74) is 0.117. The molecule has 0 unspecified atom stereocenters. The maximum Gasteiger partial charge on any atom is 0.282 e. The lowest BCUT2D eigenvalue weighted by atomic mass is 10.1. The zero-order chi connectivity index (χ0) is 25.6. The van der Waals surface area contributed by atoms with Gasteiger partial charge in [-0.2, -0.15) is 23.1 Å². The van der Waals surface area contributed by atoms with Crippen LogP contribution in [0.1, 0.15) is 12.1 Å². The van der Waals surface area contributed by atoms with Crippen LogP contribution in [0.15, 0.2) is 101 Å². The molecule has 0 saturated carbocycles. The lowest BCUT2D eigenvalue weighted by molar-refractivity contribution is 0.145. The summed E-state index contributed by atoms with van der Waals surface area (Å²) in [6, 6.07) is 22.9. The molecule has 4 rings (SSSR count). The number of nitrogens with two attached hydrogens (primary N) is 1. The molecular formula is C22H19ClF2N4O4S2. The van der Waals surface area contributed by atoms with Gasteiger partial charge in [0.2, 0.25) is 10.0 Å². The molecule has 1 heterocycles. The quantitative estimate of drug-likeness (QED) is 0.375. The van der Waals surface area contributed by atoms with E-state index in [1.54, 1.807) is 60.7 Å². The van der Waals surface area contributed by atoms with E-state index in [-0.39, 0.29) is 15.5 Å². The first kappa shape index (κ1) is 26.3. The Morgan fingerprint density at radius 2 is 1.34 bits per heavy atom. The predicted molar refractivity (Wildman–Crippen MR) is 128 cm³/mol. The summed E-state index contributed by atoms with van der Waals surface area (Å²) in [6.07, 6.45) is -2.84. The van der Waals surface area contributed by atoms with Crippen LogP contribution in [0.2, 0.25) is 5.02 Å². The van der Waals surface area contributed by atoms with E-state index in [1.807, 2.05) is 0 Å². The highest BCUT2D eigenvalue weighted by atomic mass is 35.5. The van der Waals surface area contributed by atoms with Crippen molar-refractivity contribution in [3.63, 3.8) is 0 Å². The summed E-state index contributed by atoms with van der Waals surface area (Å²) in [7, 11) is -7.49. The number of benzene rings is 3. The molecule has 4 aromatic rings. The number of sulfonamides is 2. The number of alkyl halides is 2. The molecule has 13 heteroatoms. The molecule has 184 valence electrons. The first-order chi connectivity index (χ1) is 16.5. The molecule has 0 aliphatic heterocycles. The van der Waals surface area contributed by atoms with Crippen LogP contribution in [0, 0.1) is 0 Å². The van der Waals surface area contributed by atoms with E-state index in [0.29, 0.717) is 10.6 Å². The van der Waals surface area contributed by atoms with Gasteiger partial charge in [-0.3, -0.25) is 0 Å². The molecule has 1 aromatic heterocycles. The Labute approximate surface area is 206 Å². The van der Waals surface area contributed by atoms with Gasteiger partial charge < -0.3 is 0 Å². The van der Waals surface area contributed by atoms with Gasteiger partial charge in [0.15, 0.2) is 0 Å². The van der Waals surface area contributed by atoms with Crippen LogP contribution < -0.4 is 9.97 Å². The summed E-state index contributed by atoms with van der Waals surface area (Å²) in [4.78, 5) is 3.17. The fourth-order valence-electron chi connectivity index (χ4n) is 2.78. The standard InChI is InChI=1S/C16H12ClF2N3O2S.C6H7NO2S/c17-12-8-6-11(7-9-12)15-10-14(16(18)19)20-22(15)21-25(23,24)13-4-2-1-3-5-13;7-10(8,9)6-4-2-1-3-5-6/h1-10,16,21H;1-5H,(H2,7,8,9). The first-order valence-corrected chi connectivity index (χ1v) is 13.2. The van der Waals surface area contributed by atoms with Crippen molar-refractivity contribution in [3.05, 3.63) is 102 Å². The summed E-state index contributed by atoms with van der Waals surface area (Å²) in [6.45, 7) is 0. The summed E-state index contributed by atoms with van der Waals surface area (Å²) >= 11 is 5.83. The molecule has 3 N–H and O–H groups in total. The minimum absolute atomic E-state index is 0.00819. The average molecular weight is 541 g/mol. The average Bonchev–Trinajstić information content (AvgIpc) is 3.24. The van der Waals surface area contributed by atoms with Gasteiger partial charge in [0, 0.05) is 10.6 Å². The fourth-order valence-corrected chi connectivity index (χ4v) is 4.43. The van der Waals surface area contributed by atoms with Gasteiger partial charge in [-0.05, 0) is 42.5 Å². The fraction of sp³-hybridized carbons (Fsp3) is 0.0455. The number of rotatable bonds is 6. The Morgan fingerprint density at radius 3 is 1.80 bits per heavy atom. The van der Waals surface area contributed by atoms with Crippen molar-refractivity contribution in [1.29, 1.82) is 0 Å². The second-order valence-corrected chi connectivity index (χ2v) is 10.6. The van der Waals surface area contributed by atoms with Crippen LogP contribution in [0.5, 0.6) is 0 Å². The molecule has 0 spiro atoms. The smallest absolute Gasteiger partial charge is 0.225 e.